The normalized spacial score (nSPS) is 24.5. The molecule has 0 aromatic heterocycles. The highest BCUT2D eigenvalue weighted by atomic mass is 35.5. The molecular formula is C13H15ClO2. The summed E-state index contributed by atoms with van der Waals surface area (Å²) >= 11 is 5.85. The second-order valence-electron chi connectivity index (χ2n) is 4.18. The van der Waals surface area contributed by atoms with Crippen LogP contribution in [0.5, 0.6) is 0 Å². The molecule has 0 spiro atoms. The Hall–Kier alpha value is -1.02. The molecule has 86 valence electrons. The van der Waals surface area contributed by atoms with Crippen LogP contribution in [0.15, 0.2) is 24.3 Å². The largest absolute Gasteiger partial charge is 0.462 e. The minimum atomic E-state index is -0.0848. The number of carbonyl (C=O) groups is 1. The number of halogens is 1. The molecule has 1 aromatic rings. The average Bonchev–Trinajstić information content (AvgIpc) is 2.61. The summed E-state index contributed by atoms with van der Waals surface area (Å²) in [4.78, 5) is 11.3. The van der Waals surface area contributed by atoms with Crippen molar-refractivity contribution in [3.8, 4) is 0 Å². The predicted molar refractivity (Wildman–Crippen MR) is 63.6 cm³/mol. The lowest BCUT2D eigenvalue weighted by Gasteiger charge is -2.16. The first-order valence-corrected chi connectivity index (χ1v) is 6.03. The summed E-state index contributed by atoms with van der Waals surface area (Å²) < 4.78 is 5.33. The van der Waals surface area contributed by atoms with E-state index in [1.54, 1.807) is 0 Å². The van der Waals surface area contributed by atoms with Gasteiger partial charge in [-0.3, -0.25) is 4.79 Å². The van der Waals surface area contributed by atoms with E-state index < -0.39 is 0 Å². The Kier molecular flexibility index (Phi) is 3.49. The van der Waals surface area contributed by atoms with E-state index in [0.717, 1.165) is 23.4 Å². The lowest BCUT2D eigenvalue weighted by atomic mass is 9.90. The molecule has 0 amide bonds. The van der Waals surface area contributed by atoms with Gasteiger partial charge in [0, 0.05) is 10.9 Å². The Morgan fingerprint density at radius 2 is 2.06 bits per heavy atom. The third kappa shape index (κ3) is 2.38. The summed E-state index contributed by atoms with van der Waals surface area (Å²) in [5.41, 5.74) is 1.15. The van der Waals surface area contributed by atoms with Gasteiger partial charge in [-0.25, -0.2) is 0 Å². The van der Waals surface area contributed by atoms with Gasteiger partial charge in [-0.1, -0.05) is 37.1 Å². The van der Waals surface area contributed by atoms with E-state index in [1.807, 2.05) is 24.3 Å². The Morgan fingerprint density at radius 1 is 1.38 bits per heavy atom. The van der Waals surface area contributed by atoms with Crippen molar-refractivity contribution in [2.24, 2.45) is 0 Å². The van der Waals surface area contributed by atoms with Crippen LogP contribution >= 0.6 is 11.6 Å². The number of esters is 1. The highest BCUT2D eigenvalue weighted by molar-refractivity contribution is 6.30. The summed E-state index contributed by atoms with van der Waals surface area (Å²) in [5.74, 6) is 0.114. The molecule has 1 aliphatic heterocycles. The van der Waals surface area contributed by atoms with Gasteiger partial charge in [-0.05, 0) is 24.1 Å². The molecule has 1 heterocycles. The summed E-state index contributed by atoms with van der Waals surface area (Å²) in [6.07, 6.45) is 2.49. The van der Waals surface area contributed by atoms with Crippen LogP contribution in [0.2, 0.25) is 5.02 Å². The van der Waals surface area contributed by atoms with Gasteiger partial charge in [0.2, 0.25) is 0 Å². The molecule has 1 fully saturated rings. The van der Waals surface area contributed by atoms with Crippen molar-refractivity contribution in [1.29, 1.82) is 0 Å². The van der Waals surface area contributed by atoms with Crippen molar-refractivity contribution in [3.05, 3.63) is 34.9 Å². The molecule has 2 rings (SSSR count). The maximum absolute atomic E-state index is 11.3. The number of hydrogen-bond acceptors (Lipinski definition) is 2. The molecule has 2 atom stereocenters. The van der Waals surface area contributed by atoms with Gasteiger partial charge in [0.05, 0.1) is 6.42 Å². The van der Waals surface area contributed by atoms with Crippen molar-refractivity contribution < 1.29 is 9.53 Å². The molecule has 3 heteroatoms. The lowest BCUT2D eigenvalue weighted by Crippen LogP contribution is -2.14. The Balaban J connectivity index is 2.18. The summed E-state index contributed by atoms with van der Waals surface area (Å²) in [5, 5.41) is 0.723. The highest BCUT2D eigenvalue weighted by Gasteiger charge is 2.34. The second-order valence-corrected chi connectivity index (χ2v) is 4.62. The van der Waals surface area contributed by atoms with Crippen LogP contribution in [0, 0.1) is 0 Å². The molecule has 0 saturated carbocycles. The maximum atomic E-state index is 11.3. The average molecular weight is 239 g/mol. The standard InChI is InChI=1S/C13H15ClO2/c1-2-3-12-11(8-13(15)16-12)9-4-6-10(14)7-5-9/h4-7,11-12H,2-3,8H2,1H3. The predicted octanol–water partition coefficient (Wildman–Crippen LogP) is 3.54. The van der Waals surface area contributed by atoms with Crippen LogP contribution in [0.25, 0.3) is 0 Å². The Labute approximate surface area is 101 Å². The first-order chi connectivity index (χ1) is 7.70. The van der Waals surface area contributed by atoms with Gasteiger partial charge < -0.3 is 4.74 Å². The molecule has 0 N–H and O–H groups in total. The molecule has 1 saturated heterocycles. The Morgan fingerprint density at radius 3 is 2.69 bits per heavy atom. The molecular weight excluding hydrogens is 224 g/mol. The van der Waals surface area contributed by atoms with Crippen molar-refractivity contribution in [3.63, 3.8) is 0 Å². The van der Waals surface area contributed by atoms with Crippen LogP contribution in [0.1, 0.15) is 37.7 Å². The van der Waals surface area contributed by atoms with Crippen molar-refractivity contribution in [1.82, 2.24) is 0 Å². The number of carbonyl (C=O) groups excluding carboxylic acids is 1. The number of benzene rings is 1. The maximum Gasteiger partial charge on any atom is 0.306 e. The molecule has 0 bridgehead atoms. The first-order valence-electron chi connectivity index (χ1n) is 5.65. The van der Waals surface area contributed by atoms with Crippen LogP contribution in [0.3, 0.4) is 0 Å². The molecule has 2 nitrogen and oxygen atoms in total. The monoisotopic (exact) mass is 238 g/mol. The fourth-order valence-electron chi connectivity index (χ4n) is 2.20. The fourth-order valence-corrected chi connectivity index (χ4v) is 2.32. The zero-order chi connectivity index (χ0) is 11.5. The third-order valence-electron chi connectivity index (χ3n) is 2.99. The smallest absolute Gasteiger partial charge is 0.306 e. The molecule has 1 aliphatic rings. The minimum Gasteiger partial charge on any atom is -0.462 e. The van der Waals surface area contributed by atoms with Gasteiger partial charge in [-0.15, -0.1) is 0 Å². The van der Waals surface area contributed by atoms with Gasteiger partial charge in [0.15, 0.2) is 0 Å². The molecule has 1 aromatic carbocycles. The van der Waals surface area contributed by atoms with Crippen molar-refractivity contribution >= 4 is 17.6 Å². The van der Waals surface area contributed by atoms with E-state index in [0.29, 0.717) is 6.42 Å². The highest BCUT2D eigenvalue weighted by Crippen LogP contribution is 2.34. The number of ether oxygens (including phenoxy) is 1. The van der Waals surface area contributed by atoms with E-state index in [1.165, 1.54) is 0 Å². The first kappa shape index (κ1) is 11.5. The van der Waals surface area contributed by atoms with E-state index in [4.69, 9.17) is 16.3 Å². The summed E-state index contributed by atoms with van der Waals surface area (Å²) in [7, 11) is 0. The lowest BCUT2D eigenvalue weighted by molar-refractivity contribution is -0.141. The quantitative estimate of drug-likeness (QED) is 0.753. The molecule has 2 unspecified atom stereocenters. The zero-order valence-corrected chi connectivity index (χ0v) is 10.0. The van der Waals surface area contributed by atoms with E-state index in [-0.39, 0.29) is 18.0 Å². The minimum absolute atomic E-state index is 0.0404. The number of hydrogen-bond donors (Lipinski definition) is 0. The van der Waals surface area contributed by atoms with Gasteiger partial charge in [-0.2, -0.15) is 0 Å². The molecule has 16 heavy (non-hydrogen) atoms. The van der Waals surface area contributed by atoms with Crippen LogP contribution in [-0.2, 0) is 9.53 Å². The van der Waals surface area contributed by atoms with Gasteiger partial charge >= 0.3 is 5.97 Å². The Bertz CT molecular complexity index is 372. The fraction of sp³-hybridized carbons (Fsp3) is 0.462. The van der Waals surface area contributed by atoms with E-state index >= 15 is 0 Å². The number of cyclic esters (lactones) is 1. The second kappa shape index (κ2) is 4.88. The summed E-state index contributed by atoms with van der Waals surface area (Å²) in [6, 6.07) is 7.70. The van der Waals surface area contributed by atoms with Crippen LogP contribution in [0.4, 0.5) is 0 Å². The van der Waals surface area contributed by atoms with Crippen molar-refractivity contribution in [2.75, 3.05) is 0 Å². The summed E-state index contributed by atoms with van der Waals surface area (Å²) in [6.45, 7) is 2.10. The van der Waals surface area contributed by atoms with E-state index in [9.17, 15) is 4.79 Å². The van der Waals surface area contributed by atoms with Gasteiger partial charge in [0.25, 0.3) is 0 Å². The zero-order valence-electron chi connectivity index (χ0n) is 9.28. The van der Waals surface area contributed by atoms with E-state index in [2.05, 4.69) is 6.92 Å². The van der Waals surface area contributed by atoms with Crippen LogP contribution < -0.4 is 0 Å². The molecule has 0 aliphatic carbocycles. The third-order valence-corrected chi connectivity index (χ3v) is 3.24. The number of rotatable bonds is 3. The topological polar surface area (TPSA) is 26.3 Å². The van der Waals surface area contributed by atoms with Gasteiger partial charge in [0.1, 0.15) is 6.10 Å². The molecule has 0 radical (unpaired) electrons. The van der Waals surface area contributed by atoms with Crippen LogP contribution in [-0.4, -0.2) is 12.1 Å². The SMILES string of the molecule is CCCC1OC(=O)CC1c1ccc(Cl)cc1. The van der Waals surface area contributed by atoms with Crippen molar-refractivity contribution in [2.45, 2.75) is 38.2 Å².